The van der Waals surface area contributed by atoms with Crippen LogP contribution in [-0.2, 0) is 12.8 Å². The third-order valence-corrected chi connectivity index (χ3v) is 4.45. The van der Waals surface area contributed by atoms with Crippen LogP contribution in [0.1, 0.15) is 17.4 Å². The first-order chi connectivity index (χ1) is 10.3. The molecule has 0 bridgehead atoms. The lowest BCUT2D eigenvalue weighted by atomic mass is 10.1. The number of nitrogens with two attached hydrogens (primary N) is 1. The second-order valence-electron chi connectivity index (χ2n) is 4.75. The van der Waals surface area contributed by atoms with Gasteiger partial charge in [0, 0.05) is 4.88 Å². The largest absolute Gasteiger partial charge is 0.438 e. The molecule has 5 heteroatoms. The van der Waals surface area contributed by atoms with Crippen LogP contribution in [0.4, 0.5) is 0 Å². The highest BCUT2D eigenvalue weighted by atomic mass is 32.1. The van der Waals surface area contributed by atoms with Crippen LogP contribution in [0.15, 0.2) is 36.7 Å². The summed E-state index contributed by atoms with van der Waals surface area (Å²) in [5, 5.41) is 0.977. The number of hydrogen-bond acceptors (Lipinski definition) is 5. The van der Waals surface area contributed by atoms with Gasteiger partial charge in [0.2, 0.25) is 5.88 Å². The van der Waals surface area contributed by atoms with Gasteiger partial charge >= 0.3 is 0 Å². The van der Waals surface area contributed by atoms with Gasteiger partial charge in [-0.25, -0.2) is 9.97 Å². The molecule has 0 aliphatic rings. The second kappa shape index (κ2) is 6.20. The highest BCUT2D eigenvalue weighted by Crippen LogP contribution is 2.32. The quantitative estimate of drug-likeness (QED) is 0.782. The lowest BCUT2D eigenvalue weighted by Crippen LogP contribution is -2.02. The Morgan fingerprint density at radius 1 is 1.19 bits per heavy atom. The molecule has 0 amide bonds. The summed E-state index contributed by atoms with van der Waals surface area (Å²) < 4.78 is 5.91. The molecule has 0 atom stereocenters. The van der Waals surface area contributed by atoms with Crippen molar-refractivity contribution >= 4 is 21.6 Å². The number of aryl methyl sites for hydroxylation is 1. The van der Waals surface area contributed by atoms with Crippen molar-refractivity contribution in [1.82, 2.24) is 9.97 Å². The first-order valence-electron chi connectivity index (χ1n) is 7.00. The number of fused-ring (bicyclic) bond motifs is 1. The third-order valence-electron chi connectivity index (χ3n) is 3.26. The van der Waals surface area contributed by atoms with Crippen LogP contribution >= 0.6 is 11.3 Å². The van der Waals surface area contributed by atoms with E-state index in [-0.39, 0.29) is 0 Å². The summed E-state index contributed by atoms with van der Waals surface area (Å²) in [6.07, 6.45) is 3.42. The summed E-state index contributed by atoms with van der Waals surface area (Å²) >= 11 is 1.69. The molecule has 0 aliphatic carbocycles. The molecule has 0 saturated carbocycles. The van der Waals surface area contributed by atoms with E-state index in [9.17, 15) is 0 Å². The zero-order valence-electron chi connectivity index (χ0n) is 11.9. The minimum atomic E-state index is 0.613. The molecule has 0 spiro atoms. The van der Waals surface area contributed by atoms with Gasteiger partial charge in [-0.15, -0.1) is 11.3 Å². The lowest BCUT2D eigenvalue weighted by molar-refractivity contribution is 0.468. The Labute approximate surface area is 127 Å². The fourth-order valence-corrected chi connectivity index (χ4v) is 3.07. The molecule has 3 aromatic rings. The molecule has 1 aromatic carbocycles. The predicted octanol–water partition coefficient (Wildman–Crippen LogP) is 3.55. The van der Waals surface area contributed by atoms with E-state index in [1.54, 1.807) is 17.7 Å². The van der Waals surface area contributed by atoms with Gasteiger partial charge in [0.25, 0.3) is 0 Å². The molecule has 4 nitrogen and oxygen atoms in total. The number of nitrogens with zero attached hydrogens (tertiary/aromatic N) is 2. The van der Waals surface area contributed by atoms with Gasteiger partial charge in [0.15, 0.2) is 0 Å². The number of aromatic nitrogens is 2. The zero-order chi connectivity index (χ0) is 14.7. The Kier molecular flexibility index (Phi) is 4.13. The number of rotatable bonds is 5. The van der Waals surface area contributed by atoms with Crippen molar-refractivity contribution < 1.29 is 4.74 Å². The van der Waals surface area contributed by atoms with Crippen molar-refractivity contribution in [2.75, 3.05) is 6.54 Å². The van der Waals surface area contributed by atoms with Crippen LogP contribution in [0.2, 0.25) is 0 Å². The molecular weight excluding hydrogens is 282 g/mol. The van der Waals surface area contributed by atoms with E-state index in [0.29, 0.717) is 12.4 Å². The van der Waals surface area contributed by atoms with Gasteiger partial charge in [0.05, 0.1) is 5.39 Å². The maximum atomic E-state index is 5.91. The molecular formula is C16H17N3OS. The standard InChI is InChI=1S/C16H17N3OS/c1-2-13-9-14-15(18-10-19-16(14)21-13)20-12-5-3-11(4-6-12)7-8-17/h3-6,9-10H,2,7-8,17H2,1H3. The summed E-state index contributed by atoms with van der Waals surface area (Å²) in [5.41, 5.74) is 6.76. The Balaban J connectivity index is 1.88. The van der Waals surface area contributed by atoms with E-state index in [1.165, 1.54) is 10.4 Å². The van der Waals surface area contributed by atoms with Crippen LogP contribution in [0.3, 0.4) is 0 Å². The molecule has 2 N–H and O–H groups in total. The first kappa shape index (κ1) is 14.0. The van der Waals surface area contributed by atoms with Crippen LogP contribution in [0.25, 0.3) is 10.2 Å². The van der Waals surface area contributed by atoms with E-state index in [2.05, 4.69) is 23.0 Å². The number of benzene rings is 1. The van der Waals surface area contributed by atoms with Crippen LogP contribution in [-0.4, -0.2) is 16.5 Å². The maximum Gasteiger partial charge on any atom is 0.231 e. The number of thiophene rings is 1. The van der Waals surface area contributed by atoms with E-state index in [1.807, 2.05) is 24.3 Å². The Morgan fingerprint density at radius 3 is 2.71 bits per heavy atom. The molecule has 2 aromatic heterocycles. The molecule has 2 heterocycles. The van der Waals surface area contributed by atoms with Crippen LogP contribution in [0.5, 0.6) is 11.6 Å². The SMILES string of the molecule is CCc1cc2c(Oc3ccc(CCN)cc3)ncnc2s1. The van der Waals surface area contributed by atoms with E-state index in [4.69, 9.17) is 10.5 Å². The van der Waals surface area contributed by atoms with Crippen molar-refractivity contribution in [2.45, 2.75) is 19.8 Å². The van der Waals surface area contributed by atoms with E-state index in [0.717, 1.165) is 28.8 Å². The van der Waals surface area contributed by atoms with Crippen molar-refractivity contribution in [3.05, 3.63) is 47.1 Å². The zero-order valence-corrected chi connectivity index (χ0v) is 12.7. The second-order valence-corrected chi connectivity index (χ2v) is 5.86. The van der Waals surface area contributed by atoms with Crippen molar-refractivity contribution in [1.29, 1.82) is 0 Å². The van der Waals surface area contributed by atoms with Crippen LogP contribution in [0, 0.1) is 0 Å². The van der Waals surface area contributed by atoms with Gasteiger partial charge in [-0.05, 0) is 43.1 Å². The van der Waals surface area contributed by atoms with Crippen molar-refractivity contribution in [3.8, 4) is 11.6 Å². The third kappa shape index (κ3) is 3.04. The fourth-order valence-electron chi connectivity index (χ4n) is 2.14. The average Bonchev–Trinajstić information content (AvgIpc) is 2.94. The van der Waals surface area contributed by atoms with Gasteiger partial charge in [-0.3, -0.25) is 0 Å². The molecule has 0 saturated heterocycles. The number of hydrogen-bond donors (Lipinski definition) is 1. The summed E-state index contributed by atoms with van der Waals surface area (Å²) in [4.78, 5) is 10.8. The molecule has 108 valence electrons. The Hall–Kier alpha value is -1.98. The predicted molar refractivity (Wildman–Crippen MR) is 86.1 cm³/mol. The average molecular weight is 299 g/mol. The maximum absolute atomic E-state index is 5.91. The lowest BCUT2D eigenvalue weighted by Gasteiger charge is -2.06. The van der Waals surface area contributed by atoms with Gasteiger partial charge in [-0.2, -0.15) is 0 Å². The first-order valence-corrected chi connectivity index (χ1v) is 7.82. The Bertz CT molecular complexity index is 737. The molecule has 21 heavy (non-hydrogen) atoms. The van der Waals surface area contributed by atoms with Gasteiger partial charge < -0.3 is 10.5 Å². The summed E-state index contributed by atoms with van der Waals surface area (Å²) in [6, 6.07) is 10.1. The van der Waals surface area contributed by atoms with Gasteiger partial charge in [-0.1, -0.05) is 19.1 Å². The highest BCUT2D eigenvalue weighted by molar-refractivity contribution is 7.18. The minimum Gasteiger partial charge on any atom is -0.438 e. The van der Waals surface area contributed by atoms with E-state index >= 15 is 0 Å². The number of ether oxygens (including phenoxy) is 1. The normalized spacial score (nSPS) is 11.0. The van der Waals surface area contributed by atoms with Crippen LogP contribution < -0.4 is 10.5 Å². The summed E-state index contributed by atoms with van der Waals surface area (Å²) in [5.74, 6) is 1.39. The molecule has 0 aliphatic heterocycles. The monoisotopic (exact) mass is 299 g/mol. The smallest absolute Gasteiger partial charge is 0.231 e. The summed E-state index contributed by atoms with van der Waals surface area (Å²) in [6.45, 7) is 2.79. The highest BCUT2D eigenvalue weighted by Gasteiger charge is 2.09. The van der Waals surface area contributed by atoms with E-state index < -0.39 is 0 Å². The fraction of sp³-hybridized carbons (Fsp3) is 0.250. The topological polar surface area (TPSA) is 61.0 Å². The molecule has 0 fully saturated rings. The van der Waals surface area contributed by atoms with Gasteiger partial charge in [0.1, 0.15) is 16.9 Å². The van der Waals surface area contributed by atoms with Crippen molar-refractivity contribution in [2.24, 2.45) is 5.73 Å². The van der Waals surface area contributed by atoms with Crippen molar-refractivity contribution in [3.63, 3.8) is 0 Å². The summed E-state index contributed by atoms with van der Waals surface area (Å²) in [7, 11) is 0. The molecule has 0 unspecified atom stereocenters. The molecule has 3 rings (SSSR count). The minimum absolute atomic E-state index is 0.613. The Morgan fingerprint density at radius 2 is 2.00 bits per heavy atom. The molecule has 0 radical (unpaired) electrons.